The van der Waals surface area contributed by atoms with Crippen molar-refractivity contribution in [1.29, 1.82) is 0 Å². The second-order valence-electron chi connectivity index (χ2n) is 6.30. The van der Waals surface area contributed by atoms with Crippen LogP contribution in [0.4, 0.5) is 18.9 Å². The van der Waals surface area contributed by atoms with E-state index in [1.165, 1.54) is 31.3 Å². The van der Waals surface area contributed by atoms with Crippen LogP contribution in [0.1, 0.15) is 23.7 Å². The monoisotopic (exact) mass is 464 g/mol. The van der Waals surface area contributed by atoms with Crippen LogP contribution in [0, 0.1) is 0 Å². The fraction of sp³-hybridized carbons (Fsp3) is 0.316. The summed E-state index contributed by atoms with van der Waals surface area (Å²) in [7, 11) is -2.96. The van der Waals surface area contributed by atoms with Gasteiger partial charge < -0.3 is 9.64 Å². The molecule has 1 N–H and O–H groups in total. The zero-order valence-corrected chi connectivity index (χ0v) is 17.7. The number of carbonyl (C=O) groups is 1. The van der Waals surface area contributed by atoms with Gasteiger partial charge >= 0.3 is 6.18 Å². The molecule has 0 heterocycles. The second-order valence-corrected chi connectivity index (χ2v) is 8.36. The van der Waals surface area contributed by atoms with Crippen LogP contribution < -0.4 is 9.46 Å². The van der Waals surface area contributed by atoms with Gasteiger partial charge in [0.05, 0.1) is 18.1 Å². The summed E-state index contributed by atoms with van der Waals surface area (Å²) in [5, 5.41) is -0.136. The third-order valence-corrected chi connectivity index (χ3v) is 5.83. The van der Waals surface area contributed by atoms with Gasteiger partial charge in [0, 0.05) is 24.8 Å². The van der Waals surface area contributed by atoms with Crippen LogP contribution >= 0.6 is 11.6 Å². The lowest BCUT2D eigenvalue weighted by Gasteiger charge is -2.19. The van der Waals surface area contributed by atoms with E-state index in [0.717, 1.165) is 11.0 Å². The standard InChI is InChI=1S/C19H20ClF3N2O4S/c1-3-29-15-7-5-14(6-8-15)24-30(27,28)17-12-13(4-9-16(17)20)18(26)25(2)11-10-19(21,22)23/h4-9,12,24H,3,10-11H2,1-2H3. The van der Waals surface area contributed by atoms with Crippen molar-refractivity contribution < 1.29 is 31.1 Å². The number of anilines is 1. The van der Waals surface area contributed by atoms with Gasteiger partial charge in [-0.3, -0.25) is 9.52 Å². The van der Waals surface area contributed by atoms with E-state index in [1.54, 1.807) is 12.1 Å². The summed E-state index contributed by atoms with van der Waals surface area (Å²) in [4.78, 5) is 12.9. The Bertz CT molecular complexity index is 996. The number of amides is 1. The molecule has 11 heteroatoms. The molecule has 0 aliphatic heterocycles. The zero-order valence-electron chi connectivity index (χ0n) is 16.2. The van der Waals surface area contributed by atoms with E-state index in [1.807, 2.05) is 6.92 Å². The van der Waals surface area contributed by atoms with E-state index < -0.39 is 35.1 Å². The molecule has 0 radical (unpaired) electrons. The van der Waals surface area contributed by atoms with Crippen LogP contribution in [0.2, 0.25) is 5.02 Å². The van der Waals surface area contributed by atoms with Gasteiger partial charge in [-0.1, -0.05) is 11.6 Å². The number of hydrogen-bond acceptors (Lipinski definition) is 4. The average molecular weight is 465 g/mol. The summed E-state index contributed by atoms with van der Waals surface area (Å²) in [6, 6.07) is 9.65. The molecule has 0 saturated carbocycles. The molecule has 0 aliphatic carbocycles. The largest absolute Gasteiger partial charge is 0.494 e. The number of carbonyl (C=O) groups excluding carboxylic acids is 1. The first kappa shape index (κ1) is 23.8. The van der Waals surface area contributed by atoms with Crippen molar-refractivity contribution in [3.8, 4) is 5.75 Å². The van der Waals surface area contributed by atoms with Crippen LogP contribution in [0.5, 0.6) is 5.75 Å². The fourth-order valence-electron chi connectivity index (χ4n) is 2.45. The summed E-state index contributed by atoms with van der Waals surface area (Å²) in [6.07, 6.45) is -5.59. The highest BCUT2D eigenvalue weighted by Crippen LogP contribution is 2.27. The minimum Gasteiger partial charge on any atom is -0.494 e. The molecule has 0 atom stereocenters. The Morgan fingerprint density at radius 2 is 1.80 bits per heavy atom. The van der Waals surface area contributed by atoms with E-state index in [0.29, 0.717) is 12.4 Å². The first-order chi connectivity index (χ1) is 13.9. The molecule has 0 spiro atoms. The minimum atomic E-state index is -4.41. The molecule has 30 heavy (non-hydrogen) atoms. The van der Waals surface area contributed by atoms with E-state index in [4.69, 9.17) is 16.3 Å². The van der Waals surface area contributed by atoms with Gasteiger partial charge in [-0.2, -0.15) is 13.2 Å². The Kier molecular flexibility index (Phi) is 7.59. The normalized spacial score (nSPS) is 11.8. The maximum atomic E-state index is 12.7. The minimum absolute atomic E-state index is 0.101. The molecule has 0 unspecified atom stereocenters. The number of rotatable bonds is 8. The second kappa shape index (κ2) is 9.57. The SMILES string of the molecule is CCOc1ccc(NS(=O)(=O)c2cc(C(=O)N(C)CCC(F)(F)F)ccc2Cl)cc1. The van der Waals surface area contributed by atoms with Crippen molar-refractivity contribution in [3.05, 3.63) is 53.1 Å². The number of nitrogens with one attached hydrogen (secondary N) is 1. The van der Waals surface area contributed by atoms with Crippen LogP contribution in [-0.4, -0.2) is 45.6 Å². The molecular weight excluding hydrogens is 445 g/mol. The summed E-state index contributed by atoms with van der Waals surface area (Å²) < 4.78 is 70.2. The van der Waals surface area contributed by atoms with Gasteiger partial charge in [0.15, 0.2) is 0 Å². The summed E-state index contributed by atoms with van der Waals surface area (Å²) in [6.45, 7) is 1.71. The molecule has 0 bridgehead atoms. The van der Waals surface area contributed by atoms with E-state index in [9.17, 15) is 26.4 Å². The summed E-state index contributed by atoms with van der Waals surface area (Å²) in [5.41, 5.74) is 0.143. The first-order valence-corrected chi connectivity index (χ1v) is 10.7. The molecule has 0 aromatic heterocycles. The number of benzene rings is 2. The molecule has 2 aromatic rings. The smallest absolute Gasteiger partial charge is 0.390 e. The highest BCUT2D eigenvalue weighted by Gasteiger charge is 2.28. The molecule has 164 valence electrons. The van der Waals surface area contributed by atoms with Gasteiger partial charge in [0.1, 0.15) is 10.6 Å². The third-order valence-electron chi connectivity index (χ3n) is 3.96. The Hall–Kier alpha value is -2.46. The van der Waals surface area contributed by atoms with Gasteiger partial charge in [0.25, 0.3) is 15.9 Å². The van der Waals surface area contributed by atoms with Crippen molar-refractivity contribution in [3.63, 3.8) is 0 Å². The molecule has 0 fully saturated rings. The zero-order chi connectivity index (χ0) is 22.5. The van der Waals surface area contributed by atoms with Gasteiger partial charge in [-0.15, -0.1) is 0 Å². The Morgan fingerprint density at radius 1 is 1.17 bits per heavy atom. The summed E-state index contributed by atoms with van der Waals surface area (Å²) >= 11 is 6.01. The maximum Gasteiger partial charge on any atom is 0.390 e. The Morgan fingerprint density at radius 3 is 2.37 bits per heavy atom. The molecule has 6 nitrogen and oxygen atoms in total. The Balaban J connectivity index is 2.23. The molecular formula is C19H20ClF3N2O4S. The van der Waals surface area contributed by atoms with E-state index >= 15 is 0 Å². The number of ether oxygens (including phenoxy) is 1. The van der Waals surface area contributed by atoms with Gasteiger partial charge in [-0.05, 0) is 49.4 Å². The average Bonchev–Trinajstić information content (AvgIpc) is 2.66. The van der Waals surface area contributed by atoms with Gasteiger partial charge in [-0.25, -0.2) is 8.42 Å². The quantitative estimate of drug-likeness (QED) is 0.621. The number of sulfonamides is 1. The number of hydrogen-bond donors (Lipinski definition) is 1. The molecule has 1 amide bonds. The Labute approximate surface area is 177 Å². The van der Waals surface area contributed by atoms with E-state index in [2.05, 4.69) is 4.72 Å². The molecule has 0 saturated heterocycles. The van der Waals surface area contributed by atoms with Crippen molar-refractivity contribution in [1.82, 2.24) is 4.90 Å². The maximum absolute atomic E-state index is 12.7. The topological polar surface area (TPSA) is 75.7 Å². The lowest BCUT2D eigenvalue weighted by Crippen LogP contribution is -2.30. The predicted molar refractivity (Wildman–Crippen MR) is 108 cm³/mol. The van der Waals surface area contributed by atoms with E-state index in [-0.39, 0.29) is 21.2 Å². The van der Waals surface area contributed by atoms with Gasteiger partial charge in [0.2, 0.25) is 0 Å². The van der Waals surface area contributed by atoms with Crippen molar-refractivity contribution in [2.24, 2.45) is 0 Å². The molecule has 2 aromatic carbocycles. The number of nitrogens with zero attached hydrogens (tertiary/aromatic N) is 1. The van der Waals surface area contributed by atoms with Crippen molar-refractivity contribution >= 4 is 33.2 Å². The highest BCUT2D eigenvalue weighted by atomic mass is 35.5. The van der Waals surface area contributed by atoms with Crippen molar-refractivity contribution in [2.45, 2.75) is 24.4 Å². The summed E-state index contributed by atoms with van der Waals surface area (Å²) in [5.74, 6) is -0.193. The lowest BCUT2D eigenvalue weighted by molar-refractivity contribution is -0.136. The number of halogens is 4. The van der Waals surface area contributed by atoms with Crippen LogP contribution in [0.15, 0.2) is 47.4 Å². The van der Waals surface area contributed by atoms with Crippen LogP contribution in [0.3, 0.4) is 0 Å². The fourth-order valence-corrected chi connectivity index (χ4v) is 4.04. The third kappa shape index (κ3) is 6.53. The lowest BCUT2D eigenvalue weighted by atomic mass is 10.2. The highest BCUT2D eigenvalue weighted by molar-refractivity contribution is 7.92. The number of alkyl halides is 3. The molecule has 0 aliphatic rings. The predicted octanol–water partition coefficient (Wildman–Crippen LogP) is 4.56. The molecule has 2 rings (SSSR count). The van der Waals surface area contributed by atoms with Crippen LogP contribution in [0.25, 0.3) is 0 Å². The first-order valence-electron chi connectivity index (χ1n) is 8.80. The van der Waals surface area contributed by atoms with Crippen molar-refractivity contribution in [2.75, 3.05) is 24.9 Å². The van der Waals surface area contributed by atoms with Crippen LogP contribution in [-0.2, 0) is 10.0 Å².